The zero-order valence-corrected chi connectivity index (χ0v) is 10.7. The third-order valence-corrected chi connectivity index (χ3v) is 2.86. The number of nitro benzene ring substituents is 1. The molecule has 2 N–H and O–H groups in total. The van der Waals surface area contributed by atoms with Gasteiger partial charge in [-0.1, -0.05) is 6.92 Å². The fourth-order valence-electron chi connectivity index (χ4n) is 1.64. The maximum Gasteiger partial charge on any atom is 0.308 e. The normalized spacial score (nSPS) is 12.2. The summed E-state index contributed by atoms with van der Waals surface area (Å²) in [7, 11) is 0. The van der Waals surface area contributed by atoms with Crippen molar-refractivity contribution < 1.29 is 23.6 Å². The minimum atomic E-state index is -2.89. The summed E-state index contributed by atoms with van der Waals surface area (Å²) in [6.45, 7) is 1.65. The molecule has 1 aromatic carbocycles. The van der Waals surface area contributed by atoms with Crippen LogP contribution in [0.15, 0.2) is 18.2 Å². The molecule has 1 unspecified atom stereocenters. The number of rotatable bonds is 7. The van der Waals surface area contributed by atoms with Gasteiger partial charge in [-0.25, -0.2) is 8.78 Å². The van der Waals surface area contributed by atoms with Gasteiger partial charge < -0.3 is 10.4 Å². The SMILES string of the molecule is CCC(CNc1ccc([N+](=O)[O-])cc1C(F)F)C(=O)O. The second kappa shape index (κ2) is 6.78. The van der Waals surface area contributed by atoms with Crippen LogP contribution >= 0.6 is 0 Å². The molecule has 1 aromatic rings. The summed E-state index contributed by atoms with van der Waals surface area (Å²) in [4.78, 5) is 20.6. The van der Waals surface area contributed by atoms with E-state index >= 15 is 0 Å². The van der Waals surface area contributed by atoms with Gasteiger partial charge in [-0.2, -0.15) is 0 Å². The van der Waals surface area contributed by atoms with Crippen LogP contribution in [0.5, 0.6) is 0 Å². The lowest BCUT2D eigenvalue weighted by molar-refractivity contribution is -0.385. The number of non-ortho nitro benzene ring substituents is 1. The van der Waals surface area contributed by atoms with Crippen LogP contribution in [0.25, 0.3) is 0 Å². The lowest BCUT2D eigenvalue weighted by Crippen LogP contribution is -2.22. The van der Waals surface area contributed by atoms with Crippen molar-refractivity contribution in [2.45, 2.75) is 19.8 Å². The molecule has 0 bridgehead atoms. The molecule has 0 fully saturated rings. The first-order valence-electron chi connectivity index (χ1n) is 5.90. The molecule has 8 heteroatoms. The molecule has 0 aliphatic rings. The molecule has 1 rings (SSSR count). The maximum absolute atomic E-state index is 12.9. The van der Waals surface area contributed by atoms with E-state index in [2.05, 4.69) is 5.32 Å². The van der Waals surface area contributed by atoms with E-state index in [9.17, 15) is 23.7 Å². The van der Waals surface area contributed by atoms with E-state index in [0.29, 0.717) is 6.42 Å². The molecule has 20 heavy (non-hydrogen) atoms. The molecule has 0 spiro atoms. The van der Waals surface area contributed by atoms with Gasteiger partial charge >= 0.3 is 5.97 Å². The first-order chi connectivity index (χ1) is 9.36. The summed E-state index contributed by atoms with van der Waals surface area (Å²) in [5.74, 6) is -1.74. The molecule has 1 atom stereocenters. The molecule has 0 saturated heterocycles. The van der Waals surface area contributed by atoms with Crippen LogP contribution in [0.4, 0.5) is 20.2 Å². The van der Waals surface area contributed by atoms with E-state index in [4.69, 9.17) is 5.11 Å². The third-order valence-electron chi connectivity index (χ3n) is 2.86. The summed E-state index contributed by atoms with van der Waals surface area (Å²) in [6.07, 6.45) is -2.54. The van der Waals surface area contributed by atoms with Crippen LogP contribution in [0.1, 0.15) is 25.3 Å². The summed E-state index contributed by atoms with van der Waals surface area (Å²) < 4.78 is 25.7. The quantitative estimate of drug-likeness (QED) is 0.594. The van der Waals surface area contributed by atoms with Gasteiger partial charge in [-0.3, -0.25) is 14.9 Å². The molecule has 0 heterocycles. The number of carbonyl (C=O) groups is 1. The fourth-order valence-corrected chi connectivity index (χ4v) is 1.64. The lowest BCUT2D eigenvalue weighted by atomic mass is 10.1. The number of aliphatic carboxylic acids is 1. The predicted molar refractivity (Wildman–Crippen MR) is 68.0 cm³/mol. The highest BCUT2D eigenvalue weighted by Gasteiger charge is 2.20. The van der Waals surface area contributed by atoms with Gasteiger partial charge in [-0.05, 0) is 12.5 Å². The highest BCUT2D eigenvalue weighted by atomic mass is 19.3. The Hall–Kier alpha value is -2.25. The Morgan fingerprint density at radius 3 is 2.60 bits per heavy atom. The van der Waals surface area contributed by atoms with Gasteiger partial charge in [0.05, 0.1) is 10.8 Å². The van der Waals surface area contributed by atoms with Crippen molar-refractivity contribution in [2.75, 3.05) is 11.9 Å². The number of nitrogens with zero attached hydrogens (tertiary/aromatic N) is 1. The molecular formula is C12H14F2N2O4. The monoisotopic (exact) mass is 288 g/mol. The van der Waals surface area contributed by atoms with Gasteiger partial charge in [0.15, 0.2) is 0 Å². The molecule has 110 valence electrons. The van der Waals surface area contributed by atoms with Crippen LogP contribution in [0.3, 0.4) is 0 Å². The van der Waals surface area contributed by atoms with E-state index < -0.39 is 34.5 Å². The minimum Gasteiger partial charge on any atom is -0.481 e. The number of carboxylic acids is 1. The fraction of sp³-hybridized carbons (Fsp3) is 0.417. The molecule has 0 aliphatic heterocycles. The molecule has 0 amide bonds. The van der Waals surface area contributed by atoms with Gasteiger partial charge in [0.1, 0.15) is 0 Å². The van der Waals surface area contributed by atoms with E-state index in [1.54, 1.807) is 6.92 Å². The third kappa shape index (κ3) is 3.87. The van der Waals surface area contributed by atoms with Gasteiger partial charge in [0.2, 0.25) is 0 Å². The maximum atomic E-state index is 12.9. The van der Waals surface area contributed by atoms with Crippen molar-refractivity contribution >= 4 is 17.3 Å². The zero-order chi connectivity index (χ0) is 15.3. The van der Waals surface area contributed by atoms with E-state index in [1.807, 2.05) is 0 Å². The Kier molecular flexibility index (Phi) is 5.36. The largest absolute Gasteiger partial charge is 0.481 e. The predicted octanol–water partition coefficient (Wildman–Crippen LogP) is 3.06. The van der Waals surface area contributed by atoms with Crippen molar-refractivity contribution in [3.63, 3.8) is 0 Å². The number of anilines is 1. The number of nitro groups is 1. The summed E-state index contributed by atoms with van der Waals surface area (Å²) >= 11 is 0. The Bertz CT molecular complexity index is 508. The van der Waals surface area contributed by atoms with Crippen molar-refractivity contribution in [2.24, 2.45) is 5.92 Å². The smallest absolute Gasteiger partial charge is 0.308 e. The van der Waals surface area contributed by atoms with Gasteiger partial charge in [-0.15, -0.1) is 0 Å². The number of hydrogen-bond donors (Lipinski definition) is 2. The number of nitrogens with one attached hydrogen (secondary N) is 1. The molecule has 0 aromatic heterocycles. The number of carboxylic acid groups (broad SMARTS) is 1. The van der Waals surface area contributed by atoms with Crippen molar-refractivity contribution in [1.29, 1.82) is 0 Å². The topological polar surface area (TPSA) is 92.5 Å². The van der Waals surface area contributed by atoms with Crippen LogP contribution < -0.4 is 5.32 Å². The van der Waals surface area contributed by atoms with E-state index in [1.165, 1.54) is 0 Å². The number of halogens is 2. The number of benzene rings is 1. The van der Waals surface area contributed by atoms with Crippen LogP contribution in [-0.4, -0.2) is 22.5 Å². The molecule has 0 saturated carbocycles. The highest BCUT2D eigenvalue weighted by Crippen LogP contribution is 2.30. The molecule has 0 radical (unpaired) electrons. The van der Waals surface area contributed by atoms with Crippen LogP contribution in [0.2, 0.25) is 0 Å². The van der Waals surface area contributed by atoms with Gasteiger partial charge in [0, 0.05) is 29.9 Å². The van der Waals surface area contributed by atoms with Crippen molar-refractivity contribution in [1.82, 2.24) is 0 Å². The summed E-state index contributed by atoms with van der Waals surface area (Å²) in [5, 5.41) is 22.0. The lowest BCUT2D eigenvalue weighted by Gasteiger charge is -2.15. The van der Waals surface area contributed by atoms with E-state index in [0.717, 1.165) is 18.2 Å². The Balaban J connectivity index is 2.94. The first-order valence-corrected chi connectivity index (χ1v) is 5.90. The number of hydrogen-bond acceptors (Lipinski definition) is 4. The average molecular weight is 288 g/mol. The summed E-state index contributed by atoms with van der Waals surface area (Å²) in [6, 6.07) is 3.04. The van der Waals surface area contributed by atoms with E-state index in [-0.39, 0.29) is 12.2 Å². The molecular weight excluding hydrogens is 274 g/mol. The van der Waals surface area contributed by atoms with Gasteiger partial charge in [0.25, 0.3) is 12.1 Å². The second-order valence-electron chi connectivity index (χ2n) is 4.15. The van der Waals surface area contributed by atoms with Crippen molar-refractivity contribution in [3.8, 4) is 0 Å². The van der Waals surface area contributed by atoms with Crippen molar-refractivity contribution in [3.05, 3.63) is 33.9 Å². The average Bonchev–Trinajstić information content (AvgIpc) is 2.38. The Morgan fingerprint density at radius 1 is 1.50 bits per heavy atom. The first kappa shape index (κ1) is 15.8. The minimum absolute atomic E-state index is 0.00491. The highest BCUT2D eigenvalue weighted by molar-refractivity contribution is 5.71. The van der Waals surface area contributed by atoms with Crippen LogP contribution in [0, 0.1) is 16.0 Å². The van der Waals surface area contributed by atoms with Crippen LogP contribution in [-0.2, 0) is 4.79 Å². The Labute approximate surface area is 113 Å². The zero-order valence-electron chi connectivity index (χ0n) is 10.7. The molecule has 0 aliphatic carbocycles. The summed E-state index contributed by atoms with van der Waals surface area (Å²) in [5.41, 5.74) is -0.944. The standard InChI is InChI=1S/C12H14F2N2O4/c1-2-7(12(17)18)6-15-10-4-3-8(16(19)20)5-9(10)11(13)14/h3-5,7,11,15H,2,6H2,1H3,(H,17,18). The molecule has 6 nitrogen and oxygen atoms in total. The Morgan fingerprint density at radius 2 is 2.15 bits per heavy atom. The number of alkyl halides is 2. The second-order valence-corrected chi connectivity index (χ2v) is 4.15.